The van der Waals surface area contributed by atoms with Gasteiger partial charge in [0.25, 0.3) is 0 Å². The zero-order valence-corrected chi connectivity index (χ0v) is 11.2. The number of nitrogens with zero attached hydrogens (tertiary/aromatic N) is 1. The van der Waals surface area contributed by atoms with Crippen molar-refractivity contribution in [3.05, 3.63) is 54.0 Å². The summed E-state index contributed by atoms with van der Waals surface area (Å²) < 4.78 is 5.22. The fourth-order valence-electron chi connectivity index (χ4n) is 1.79. The molecule has 0 fully saturated rings. The number of hydrogen-bond acceptors (Lipinski definition) is 3. The molecule has 100 valence electrons. The van der Waals surface area contributed by atoms with Crippen LogP contribution in [0.15, 0.2) is 47.1 Å². The highest BCUT2D eigenvalue weighted by atomic mass is 16.3. The van der Waals surface area contributed by atoms with Gasteiger partial charge in [-0.3, -0.25) is 4.79 Å². The zero-order chi connectivity index (χ0) is 13.7. The van der Waals surface area contributed by atoms with E-state index >= 15 is 0 Å². The Hall–Kier alpha value is -2.23. The lowest BCUT2D eigenvalue weighted by Gasteiger charge is -2.16. The molecule has 2 aromatic rings. The van der Waals surface area contributed by atoms with Crippen LogP contribution in [-0.4, -0.2) is 24.4 Å². The number of amides is 1. The second-order valence-electron chi connectivity index (χ2n) is 4.55. The van der Waals surface area contributed by atoms with Crippen LogP contribution in [0.25, 0.3) is 0 Å². The lowest BCUT2D eigenvalue weighted by Crippen LogP contribution is -2.31. The van der Waals surface area contributed by atoms with Crippen molar-refractivity contribution in [2.24, 2.45) is 0 Å². The predicted molar refractivity (Wildman–Crippen MR) is 74.9 cm³/mol. The van der Waals surface area contributed by atoms with Crippen molar-refractivity contribution >= 4 is 11.6 Å². The quantitative estimate of drug-likeness (QED) is 0.896. The molecular formula is C15H18N2O2. The molecule has 1 aromatic carbocycles. The minimum Gasteiger partial charge on any atom is -0.467 e. The summed E-state index contributed by atoms with van der Waals surface area (Å²) in [6.07, 6.45) is 1.61. The molecule has 0 spiro atoms. The molecule has 2 rings (SSSR count). The van der Waals surface area contributed by atoms with E-state index in [4.69, 9.17) is 4.42 Å². The second kappa shape index (κ2) is 6.09. The van der Waals surface area contributed by atoms with E-state index in [2.05, 4.69) is 5.32 Å². The van der Waals surface area contributed by atoms with Crippen LogP contribution >= 0.6 is 0 Å². The number of nitrogens with one attached hydrogen (secondary N) is 1. The van der Waals surface area contributed by atoms with Gasteiger partial charge >= 0.3 is 0 Å². The molecule has 0 saturated heterocycles. The number of likely N-dealkylation sites (N-methyl/N-ethyl adjacent to an activating group) is 1. The number of furan rings is 1. The van der Waals surface area contributed by atoms with Gasteiger partial charge in [0.15, 0.2) is 0 Å². The Labute approximate surface area is 113 Å². The van der Waals surface area contributed by atoms with Crippen LogP contribution in [-0.2, 0) is 11.3 Å². The van der Waals surface area contributed by atoms with E-state index in [0.717, 1.165) is 11.4 Å². The van der Waals surface area contributed by atoms with Crippen molar-refractivity contribution in [3.63, 3.8) is 0 Å². The number of anilines is 1. The Morgan fingerprint density at radius 1 is 1.32 bits per heavy atom. The van der Waals surface area contributed by atoms with Gasteiger partial charge in [-0.2, -0.15) is 0 Å². The molecule has 4 nitrogen and oxygen atoms in total. The highest BCUT2D eigenvalue weighted by Crippen LogP contribution is 2.09. The van der Waals surface area contributed by atoms with E-state index in [1.165, 1.54) is 5.56 Å². The first kappa shape index (κ1) is 13.2. The van der Waals surface area contributed by atoms with Gasteiger partial charge in [0.1, 0.15) is 5.76 Å². The summed E-state index contributed by atoms with van der Waals surface area (Å²) >= 11 is 0. The summed E-state index contributed by atoms with van der Waals surface area (Å²) in [7, 11) is 1.77. The van der Waals surface area contributed by atoms with Crippen LogP contribution in [0, 0.1) is 6.92 Å². The minimum absolute atomic E-state index is 0.0258. The summed E-state index contributed by atoms with van der Waals surface area (Å²) in [6.45, 7) is 2.79. The largest absolute Gasteiger partial charge is 0.467 e. The fraction of sp³-hybridized carbons (Fsp3) is 0.267. The van der Waals surface area contributed by atoms with E-state index < -0.39 is 0 Å². The number of benzene rings is 1. The molecule has 0 aliphatic carbocycles. The van der Waals surface area contributed by atoms with Crippen molar-refractivity contribution in [2.45, 2.75) is 13.5 Å². The topological polar surface area (TPSA) is 45.5 Å². The van der Waals surface area contributed by atoms with Gasteiger partial charge in [-0.05, 0) is 36.8 Å². The predicted octanol–water partition coefficient (Wildman–Crippen LogP) is 2.66. The summed E-state index contributed by atoms with van der Waals surface area (Å²) in [6, 6.07) is 11.6. The summed E-state index contributed by atoms with van der Waals surface area (Å²) in [5.74, 6) is 0.810. The Bertz CT molecular complexity index is 535. The highest BCUT2D eigenvalue weighted by molar-refractivity contribution is 5.80. The van der Waals surface area contributed by atoms with Gasteiger partial charge < -0.3 is 14.6 Å². The molecule has 0 saturated carbocycles. The molecule has 1 N–H and O–H groups in total. The van der Waals surface area contributed by atoms with Crippen LogP contribution in [0.4, 0.5) is 5.69 Å². The molecule has 0 aliphatic rings. The molecule has 0 aliphatic heterocycles. The fourth-order valence-corrected chi connectivity index (χ4v) is 1.79. The lowest BCUT2D eigenvalue weighted by molar-refractivity contribution is -0.128. The van der Waals surface area contributed by atoms with Crippen LogP contribution in [0.1, 0.15) is 11.3 Å². The average molecular weight is 258 g/mol. The maximum absolute atomic E-state index is 11.9. The summed E-state index contributed by atoms with van der Waals surface area (Å²) in [5, 5.41) is 3.12. The van der Waals surface area contributed by atoms with Gasteiger partial charge in [0.2, 0.25) is 5.91 Å². The number of hydrogen-bond donors (Lipinski definition) is 1. The van der Waals surface area contributed by atoms with Crippen molar-refractivity contribution in [1.82, 2.24) is 4.90 Å². The van der Waals surface area contributed by atoms with Gasteiger partial charge in [-0.25, -0.2) is 0 Å². The second-order valence-corrected chi connectivity index (χ2v) is 4.55. The molecule has 19 heavy (non-hydrogen) atoms. The van der Waals surface area contributed by atoms with E-state index in [-0.39, 0.29) is 12.5 Å². The van der Waals surface area contributed by atoms with Crippen molar-refractivity contribution < 1.29 is 9.21 Å². The molecule has 0 atom stereocenters. The van der Waals surface area contributed by atoms with Gasteiger partial charge in [-0.1, -0.05) is 12.1 Å². The van der Waals surface area contributed by atoms with Crippen LogP contribution in [0.2, 0.25) is 0 Å². The van der Waals surface area contributed by atoms with Crippen molar-refractivity contribution in [3.8, 4) is 0 Å². The standard InChI is InChI=1S/C15H18N2O2/c1-12-5-3-6-13(9-12)16-10-15(18)17(2)11-14-7-4-8-19-14/h3-9,16H,10-11H2,1-2H3. The highest BCUT2D eigenvalue weighted by Gasteiger charge is 2.10. The molecule has 0 unspecified atom stereocenters. The first-order valence-electron chi connectivity index (χ1n) is 6.22. The third-order valence-electron chi connectivity index (χ3n) is 2.86. The van der Waals surface area contributed by atoms with Crippen LogP contribution in [0.3, 0.4) is 0 Å². The van der Waals surface area contributed by atoms with E-state index in [1.807, 2.05) is 43.3 Å². The monoisotopic (exact) mass is 258 g/mol. The third kappa shape index (κ3) is 3.88. The van der Waals surface area contributed by atoms with E-state index in [0.29, 0.717) is 6.54 Å². The normalized spacial score (nSPS) is 10.2. The third-order valence-corrected chi connectivity index (χ3v) is 2.86. The van der Waals surface area contributed by atoms with Gasteiger partial charge in [0, 0.05) is 12.7 Å². The molecule has 4 heteroatoms. The Morgan fingerprint density at radius 3 is 2.84 bits per heavy atom. The minimum atomic E-state index is 0.0258. The number of rotatable bonds is 5. The van der Waals surface area contributed by atoms with Crippen molar-refractivity contribution in [1.29, 1.82) is 0 Å². The van der Waals surface area contributed by atoms with Gasteiger partial charge in [-0.15, -0.1) is 0 Å². The number of aryl methyl sites for hydroxylation is 1. The molecule has 1 heterocycles. The molecule has 1 aromatic heterocycles. The SMILES string of the molecule is Cc1cccc(NCC(=O)N(C)Cc2ccco2)c1. The number of carbonyl (C=O) groups excluding carboxylic acids is 1. The lowest BCUT2D eigenvalue weighted by atomic mass is 10.2. The molecule has 1 amide bonds. The Morgan fingerprint density at radius 2 is 2.16 bits per heavy atom. The first-order valence-corrected chi connectivity index (χ1v) is 6.22. The Kier molecular flexibility index (Phi) is 4.23. The smallest absolute Gasteiger partial charge is 0.242 e. The van der Waals surface area contributed by atoms with Crippen LogP contribution in [0.5, 0.6) is 0 Å². The average Bonchev–Trinajstić information content (AvgIpc) is 2.89. The van der Waals surface area contributed by atoms with Crippen molar-refractivity contribution in [2.75, 3.05) is 18.9 Å². The Balaban J connectivity index is 1.84. The molecule has 0 radical (unpaired) electrons. The van der Waals surface area contributed by atoms with Crippen LogP contribution < -0.4 is 5.32 Å². The maximum atomic E-state index is 11.9. The first-order chi connectivity index (χ1) is 9.15. The zero-order valence-electron chi connectivity index (χ0n) is 11.2. The number of carbonyl (C=O) groups is 1. The molecular weight excluding hydrogens is 240 g/mol. The molecule has 0 bridgehead atoms. The van der Waals surface area contributed by atoms with Gasteiger partial charge in [0.05, 0.1) is 19.4 Å². The van der Waals surface area contributed by atoms with E-state index in [1.54, 1.807) is 18.2 Å². The maximum Gasteiger partial charge on any atom is 0.242 e. The summed E-state index contributed by atoms with van der Waals surface area (Å²) in [4.78, 5) is 13.6. The van der Waals surface area contributed by atoms with E-state index in [9.17, 15) is 4.79 Å². The summed E-state index contributed by atoms with van der Waals surface area (Å²) in [5.41, 5.74) is 2.13.